The first-order valence-corrected chi connectivity index (χ1v) is 6.40. The van der Waals surface area contributed by atoms with Gasteiger partial charge in [-0.05, 0) is 16.7 Å². The highest BCUT2D eigenvalue weighted by Crippen LogP contribution is 2.42. The SMILES string of the molecule is C1=CC2=COC3=C(CC4=CCCOC4=C3)C2C=C1. The second kappa shape index (κ2) is 3.77. The zero-order valence-corrected chi connectivity index (χ0v) is 10.1. The summed E-state index contributed by atoms with van der Waals surface area (Å²) in [6, 6.07) is 0. The molecule has 0 radical (unpaired) electrons. The number of allylic oxidation sites excluding steroid dienone is 8. The van der Waals surface area contributed by atoms with Crippen LogP contribution in [0.4, 0.5) is 0 Å². The Hall–Kier alpha value is -1.96. The average Bonchev–Trinajstić information content (AvgIpc) is 2.45. The van der Waals surface area contributed by atoms with Gasteiger partial charge in [0.15, 0.2) is 0 Å². The second-order valence-electron chi connectivity index (χ2n) is 4.90. The molecule has 90 valence electrons. The smallest absolute Gasteiger partial charge is 0.130 e. The number of hydrogen-bond acceptors (Lipinski definition) is 2. The summed E-state index contributed by atoms with van der Waals surface area (Å²) in [6.07, 6.45) is 16.7. The van der Waals surface area contributed by atoms with Crippen molar-refractivity contribution in [1.82, 2.24) is 0 Å². The van der Waals surface area contributed by atoms with Crippen molar-refractivity contribution in [3.8, 4) is 0 Å². The minimum atomic E-state index is 0.374. The summed E-state index contributed by atoms with van der Waals surface area (Å²) >= 11 is 0. The summed E-state index contributed by atoms with van der Waals surface area (Å²) in [5, 5.41) is 0. The summed E-state index contributed by atoms with van der Waals surface area (Å²) in [6.45, 7) is 0.783. The van der Waals surface area contributed by atoms with Crippen molar-refractivity contribution in [3.63, 3.8) is 0 Å². The summed E-state index contributed by atoms with van der Waals surface area (Å²) in [5.74, 6) is 2.34. The van der Waals surface area contributed by atoms with Crippen molar-refractivity contribution >= 4 is 0 Å². The maximum absolute atomic E-state index is 5.75. The van der Waals surface area contributed by atoms with E-state index in [4.69, 9.17) is 9.47 Å². The van der Waals surface area contributed by atoms with Crippen LogP contribution in [-0.2, 0) is 9.47 Å². The van der Waals surface area contributed by atoms with Gasteiger partial charge < -0.3 is 9.47 Å². The second-order valence-corrected chi connectivity index (χ2v) is 4.90. The molecular weight excluding hydrogens is 224 g/mol. The summed E-state index contributed by atoms with van der Waals surface area (Å²) in [7, 11) is 0. The number of ether oxygens (including phenoxy) is 2. The summed E-state index contributed by atoms with van der Waals surface area (Å²) < 4.78 is 11.4. The van der Waals surface area contributed by atoms with Crippen LogP contribution in [0.3, 0.4) is 0 Å². The molecule has 0 spiro atoms. The fourth-order valence-corrected chi connectivity index (χ4v) is 2.88. The van der Waals surface area contributed by atoms with Gasteiger partial charge >= 0.3 is 0 Å². The molecule has 2 heterocycles. The maximum Gasteiger partial charge on any atom is 0.130 e. The largest absolute Gasteiger partial charge is 0.493 e. The van der Waals surface area contributed by atoms with Crippen LogP contribution in [0.1, 0.15) is 12.8 Å². The third kappa shape index (κ3) is 1.42. The van der Waals surface area contributed by atoms with E-state index in [1.165, 1.54) is 16.7 Å². The molecule has 0 fully saturated rings. The molecule has 0 saturated carbocycles. The summed E-state index contributed by atoms with van der Waals surface area (Å²) in [5.41, 5.74) is 3.91. The third-order valence-electron chi connectivity index (χ3n) is 3.80. The molecule has 2 heteroatoms. The van der Waals surface area contributed by atoms with Crippen molar-refractivity contribution in [1.29, 1.82) is 0 Å². The molecule has 4 aliphatic rings. The van der Waals surface area contributed by atoms with Crippen LogP contribution in [0.25, 0.3) is 0 Å². The predicted octanol–water partition coefficient (Wildman–Crippen LogP) is 3.53. The van der Waals surface area contributed by atoms with Crippen molar-refractivity contribution < 1.29 is 9.47 Å². The molecule has 0 N–H and O–H groups in total. The monoisotopic (exact) mass is 238 g/mol. The van der Waals surface area contributed by atoms with E-state index in [0.717, 1.165) is 31.0 Å². The number of rotatable bonds is 0. The molecule has 4 rings (SSSR count). The maximum atomic E-state index is 5.75. The van der Waals surface area contributed by atoms with Crippen LogP contribution in [-0.4, -0.2) is 6.61 Å². The zero-order chi connectivity index (χ0) is 11.9. The first kappa shape index (κ1) is 10.0. The molecule has 0 amide bonds. The van der Waals surface area contributed by atoms with Crippen molar-refractivity contribution in [3.05, 3.63) is 71.0 Å². The molecule has 1 atom stereocenters. The molecule has 2 aliphatic carbocycles. The quantitative estimate of drug-likeness (QED) is 0.642. The van der Waals surface area contributed by atoms with Crippen molar-refractivity contribution in [2.45, 2.75) is 12.8 Å². The lowest BCUT2D eigenvalue weighted by atomic mass is 9.80. The van der Waals surface area contributed by atoms with Gasteiger partial charge in [-0.15, -0.1) is 0 Å². The molecule has 2 nitrogen and oxygen atoms in total. The topological polar surface area (TPSA) is 18.5 Å². The zero-order valence-electron chi connectivity index (χ0n) is 10.1. The number of fused-ring (bicyclic) bond motifs is 3. The Morgan fingerprint density at radius 2 is 2.22 bits per heavy atom. The molecular formula is C16H14O2. The van der Waals surface area contributed by atoms with Gasteiger partial charge in [-0.25, -0.2) is 0 Å². The Morgan fingerprint density at radius 3 is 3.22 bits per heavy atom. The molecule has 0 bridgehead atoms. The van der Waals surface area contributed by atoms with Gasteiger partial charge in [0.2, 0.25) is 0 Å². The molecule has 0 aromatic rings. The lowest BCUT2D eigenvalue weighted by Crippen LogP contribution is -2.19. The lowest BCUT2D eigenvalue weighted by Gasteiger charge is -2.32. The van der Waals surface area contributed by atoms with Crippen molar-refractivity contribution in [2.75, 3.05) is 6.61 Å². The van der Waals surface area contributed by atoms with E-state index in [1.807, 2.05) is 12.3 Å². The first-order valence-electron chi connectivity index (χ1n) is 6.40. The van der Waals surface area contributed by atoms with Crippen LogP contribution in [0.5, 0.6) is 0 Å². The highest BCUT2D eigenvalue weighted by Gasteiger charge is 2.30. The van der Waals surface area contributed by atoms with E-state index < -0.39 is 0 Å². The van der Waals surface area contributed by atoms with Gasteiger partial charge in [0.25, 0.3) is 0 Å². The fourth-order valence-electron chi connectivity index (χ4n) is 2.88. The molecule has 0 aromatic heterocycles. The Morgan fingerprint density at radius 1 is 1.22 bits per heavy atom. The van der Waals surface area contributed by atoms with Crippen LogP contribution in [0.15, 0.2) is 71.0 Å². The molecule has 1 unspecified atom stereocenters. The van der Waals surface area contributed by atoms with E-state index in [9.17, 15) is 0 Å². The Kier molecular flexibility index (Phi) is 2.10. The van der Waals surface area contributed by atoms with E-state index >= 15 is 0 Å². The van der Waals surface area contributed by atoms with Gasteiger partial charge in [0.05, 0.1) is 12.9 Å². The lowest BCUT2D eigenvalue weighted by molar-refractivity contribution is 0.208. The molecule has 18 heavy (non-hydrogen) atoms. The van der Waals surface area contributed by atoms with Gasteiger partial charge in [-0.1, -0.05) is 30.4 Å². The average molecular weight is 238 g/mol. The van der Waals surface area contributed by atoms with Gasteiger partial charge in [0.1, 0.15) is 11.5 Å². The predicted molar refractivity (Wildman–Crippen MR) is 69.3 cm³/mol. The van der Waals surface area contributed by atoms with Gasteiger partial charge in [-0.3, -0.25) is 0 Å². The van der Waals surface area contributed by atoms with E-state index in [2.05, 4.69) is 30.4 Å². The minimum absolute atomic E-state index is 0.374. The van der Waals surface area contributed by atoms with E-state index in [0.29, 0.717) is 5.92 Å². The van der Waals surface area contributed by atoms with E-state index in [1.54, 1.807) is 0 Å². The highest BCUT2D eigenvalue weighted by atomic mass is 16.5. The fraction of sp³-hybridized carbons (Fsp3) is 0.250. The van der Waals surface area contributed by atoms with Crippen LogP contribution in [0.2, 0.25) is 0 Å². The van der Waals surface area contributed by atoms with Gasteiger partial charge in [0, 0.05) is 24.8 Å². The van der Waals surface area contributed by atoms with E-state index in [-0.39, 0.29) is 0 Å². The first-order chi connectivity index (χ1) is 8.92. The van der Waals surface area contributed by atoms with Crippen molar-refractivity contribution in [2.24, 2.45) is 5.92 Å². The summed E-state index contributed by atoms with van der Waals surface area (Å²) in [4.78, 5) is 0. The minimum Gasteiger partial charge on any atom is -0.493 e. The molecule has 0 aromatic carbocycles. The third-order valence-corrected chi connectivity index (χ3v) is 3.80. The molecule has 2 aliphatic heterocycles. The Balaban J connectivity index is 1.77. The van der Waals surface area contributed by atoms with Crippen LogP contribution in [0, 0.1) is 5.92 Å². The number of hydrogen-bond donors (Lipinski definition) is 0. The Bertz CT molecular complexity index is 582. The standard InChI is InChI=1S/C16H14O2/c1-2-6-13-12(4-1)10-18-16-9-15-11(8-14(13)16)5-3-7-17-15/h1-2,4-6,9-10,13H,3,7-8H2. The van der Waals surface area contributed by atoms with Gasteiger partial charge in [-0.2, -0.15) is 0 Å². The highest BCUT2D eigenvalue weighted by molar-refractivity contribution is 5.51. The normalized spacial score (nSPS) is 28.0. The Labute approximate surface area is 106 Å². The van der Waals surface area contributed by atoms with Crippen LogP contribution < -0.4 is 0 Å². The molecule has 0 saturated heterocycles. The van der Waals surface area contributed by atoms with Crippen LogP contribution >= 0.6 is 0 Å².